The van der Waals surface area contributed by atoms with Gasteiger partial charge in [0.15, 0.2) is 0 Å². The molecule has 2 saturated heterocycles. The van der Waals surface area contributed by atoms with Crippen LogP contribution in [0.3, 0.4) is 0 Å². The van der Waals surface area contributed by atoms with Crippen LogP contribution in [-0.4, -0.2) is 52.8 Å². The molecule has 2 amide bonds. The Morgan fingerprint density at radius 3 is 3.05 bits per heavy atom. The molecular weight excluding hydrogens is 285 g/mol. The first kappa shape index (κ1) is 14.7. The molecule has 22 heavy (non-hydrogen) atoms. The highest BCUT2D eigenvalue weighted by Gasteiger charge is 2.43. The number of pyridine rings is 1. The molecule has 0 N–H and O–H groups in total. The van der Waals surface area contributed by atoms with E-state index in [2.05, 4.69) is 11.6 Å². The molecule has 2 atom stereocenters. The number of fused-ring (bicyclic) bond motifs is 1. The number of carbonyl (C=O) groups is 2. The zero-order valence-corrected chi connectivity index (χ0v) is 12.2. The lowest BCUT2D eigenvalue weighted by Crippen LogP contribution is -2.45. The fraction of sp³-hybridized carbons (Fsp3) is 0.438. The number of amides is 2. The number of hydrogen-bond donors (Lipinski definition) is 0. The minimum atomic E-state index is -0.671. The predicted molar refractivity (Wildman–Crippen MR) is 78.5 cm³/mol. The number of nitrogens with zero attached hydrogens (tertiary/aromatic N) is 3. The van der Waals surface area contributed by atoms with Crippen LogP contribution in [0.1, 0.15) is 16.8 Å². The van der Waals surface area contributed by atoms with Gasteiger partial charge in [-0.05, 0) is 18.4 Å². The van der Waals surface area contributed by atoms with Crippen LogP contribution in [0.5, 0.6) is 0 Å². The van der Waals surface area contributed by atoms with E-state index < -0.39 is 5.95 Å². The van der Waals surface area contributed by atoms with E-state index in [9.17, 15) is 14.0 Å². The number of likely N-dealkylation sites (tertiary alicyclic amines) is 2. The fourth-order valence-electron chi connectivity index (χ4n) is 3.33. The third-order valence-corrected chi connectivity index (χ3v) is 4.45. The van der Waals surface area contributed by atoms with Gasteiger partial charge in [-0.25, -0.2) is 4.98 Å². The van der Waals surface area contributed by atoms with Crippen molar-refractivity contribution in [1.82, 2.24) is 14.8 Å². The second-order valence-electron chi connectivity index (χ2n) is 5.81. The molecule has 1 aromatic heterocycles. The van der Waals surface area contributed by atoms with Crippen molar-refractivity contribution >= 4 is 11.8 Å². The van der Waals surface area contributed by atoms with Gasteiger partial charge in [0, 0.05) is 44.0 Å². The molecule has 116 valence electrons. The number of hydrogen-bond acceptors (Lipinski definition) is 3. The highest BCUT2D eigenvalue weighted by Crippen LogP contribution is 2.32. The molecule has 3 heterocycles. The van der Waals surface area contributed by atoms with Gasteiger partial charge in [-0.3, -0.25) is 9.59 Å². The second kappa shape index (κ2) is 5.87. The van der Waals surface area contributed by atoms with Gasteiger partial charge in [-0.2, -0.15) is 4.39 Å². The summed E-state index contributed by atoms with van der Waals surface area (Å²) in [6.45, 7) is 5.88. The van der Waals surface area contributed by atoms with E-state index in [4.69, 9.17) is 0 Å². The van der Waals surface area contributed by atoms with Crippen LogP contribution in [0.15, 0.2) is 31.0 Å². The molecule has 0 aliphatic carbocycles. The highest BCUT2D eigenvalue weighted by molar-refractivity contribution is 5.95. The quantitative estimate of drug-likeness (QED) is 0.625. The highest BCUT2D eigenvalue weighted by atomic mass is 19.1. The zero-order valence-electron chi connectivity index (χ0n) is 12.2. The minimum Gasteiger partial charge on any atom is -0.339 e. The maximum Gasteiger partial charge on any atom is 0.254 e. The summed E-state index contributed by atoms with van der Waals surface area (Å²) >= 11 is 0. The van der Waals surface area contributed by atoms with Crippen molar-refractivity contribution in [2.24, 2.45) is 11.8 Å². The summed E-state index contributed by atoms with van der Waals surface area (Å²) in [5.74, 6) is -0.768. The molecule has 2 aliphatic heterocycles. The van der Waals surface area contributed by atoms with Crippen LogP contribution in [-0.2, 0) is 4.79 Å². The van der Waals surface area contributed by atoms with Gasteiger partial charge in [0.05, 0.1) is 5.92 Å². The van der Waals surface area contributed by atoms with Gasteiger partial charge < -0.3 is 9.80 Å². The standard InChI is InChI=1S/C16H18FN3O2/c1-2-6-19-7-4-12-9-20(10-13(12)16(19)22)15(21)11-3-5-18-14(17)8-11/h2-3,5,8,12-13H,1,4,6-7,9-10H2/t12-,13-/m0/s1. The van der Waals surface area contributed by atoms with E-state index in [1.807, 2.05) is 0 Å². The van der Waals surface area contributed by atoms with Crippen LogP contribution >= 0.6 is 0 Å². The van der Waals surface area contributed by atoms with Crippen LogP contribution in [0.25, 0.3) is 0 Å². The van der Waals surface area contributed by atoms with Gasteiger partial charge in [-0.1, -0.05) is 6.08 Å². The Morgan fingerprint density at radius 1 is 1.50 bits per heavy atom. The Balaban J connectivity index is 1.73. The summed E-state index contributed by atoms with van der Waals surface area (Å²) in [5.41, 5.74) is 0.279. The Morgan fingerprint density at radius 2 is 2.32 bits per heavy atom. The van der Waals surface area contributed by atoms with Crippen LogP contribution in [0.4, 0.5) is 4.39 Å². The molecule has 3 rings (SSSR count). The Labute approximate surface area is 128 Å². The molecule has 0 unspecified atom stereocenters. The van der Waals surface area contributed by atoms with Gasteiger partial charge in [-0.15, -0.1) is 6.58 Å². The lowest BCUT2D eigenvalue weighted by Gasteiger charge is -2.32. The molecule has 6 heteroatoms. The van der Waals surface area contributed by atoms with Crippen molar-refractivity contribution in [2.75, 3.05) is 26.2 Å². The lowest BCUT2D eigenvalue weighted by molar-refractivity contribution is -0.138. The van der Waals surface area contributed by atoms with E-state index in [0.29, 0.717) is 26.2 Å². The van der Waals surface area contributed by atoms with Crippen molar-refractivity contribution in [3.63, 3.8) is 0 Å². The molecule has 1 aromatic rings. The zero-order chi connectivity index (χ0) is 15.7. The van der Waals surface area contributed by atoms with Crippen LogP contribution in [0.2, 0.25) is 0 Å². The summed E-state index contributed by atoms with van der Waals surface area (Å²) < 4.78 is 13.2. The summed E-state index contributed by atoms with van der Waals surface area (Å²) in [5, 5.41) is 0. The van der Waals surface area contributed by atoms with E-state index in [0.717, 1.165) is 12.5 Å². The van der Waals surface area contributed by atoms with Crippen molar-refractivity contribution in [3.05, 3.63) is 42.5 Å². The van der Waals surface area contributed by atoms with E-state index in [1.54, 1.807) is 15.9 Å². The first-order valence-corrected chi connectivity index (χ1v) is 7.40. The van der Waals surface area contributed by atoms with Crippen LogP contribution in [0, 0.1) is 17.8 Å². The first-order valence-electron chi connectivity index (χ1n) is 7.40. The van der Waals surface area contributed by atoms with E-state index in [-0.39, 0.29) is 29.2 Å². The second-order valence-corrected chi connectivity index (χ2v) is 5.81. The third kappa shape index (κ3) is 2.61. The molecule has 0 aromatic carbocycles. The number of carbonyl (C=O) groups excluding carboxylic acids is 2. The molecule has 0 spiro atoms. The molecule has 0 saturated carbocycles. The van der Waals surface area contributed by atoms with Crippen molar-refractivity contribution in [1.29, 1.82) is 0 Å². The smallest absolute Gasteiger partial charge is 0.254 e. The average molecular weight is 303 g/mol. The average Bonchev–Trinajstić information content (AvgIpc) is 2.94. The third-order valence-electron chi connectivity index (χ3n) is 4.45. The van der Waals surface area contributed by atoms with Crippen LogP contribution < -0.4 is 0 Å². The Bertz CT molecular complexity index is 619. The molecule has 0 bridgehead atoms. The Kier molecular flexibility index (Phi) is 3.92. The summed E-state index contributed by atoms with van der Waals surface area (Å²) in [4.78, 5) is 31.8. The molecular formula is C16H18FN3O2. The summed E-state index contributed by atoms with van der Waals surface area (Å²) in [6.07, 6.45) is 3.89. The largest absolute Gasteiger partial charge is 0.339 e. The SMILES string of the molecule is C=CCN1CC[C@H]2CN(C(=O)c3ccnc(F)c3)C[C@@H]2C1=O. The topological polar surface area (TPSA) is 53.5 Å². The van der Waals surface area contributed by atoms with E-state index >= 15 is 0 Å². The van der Waals surface area contributed by atoms with E-state index in [1.165, 1.54) is 12.3 Å². The maximum atomic E-state index is 13.2. The van der Waals surface area contributed by atoms with Gasteiger partial charge >= 0.3 is 0 Å². The number of piperidine rings is 1. The monoisotopic (exact) mass is 303 g/mol. The van der Waals surface area contributed by atoms with Crippen molar-refractivity contribution < 1.29 is 14.0 Å². The van der Waals surface area contributed by atoms with Crippen molar-refractivity contribution in [3.8, 4) is 0 Å². The number of aromatic nitrogens is 1. The number of halogens is 1. The Hall–Kier alpha value is -2.24. The fourth-order valence-corrected chi connectivity index (χ4v) is 3.33. The molecule has 5 nitrogen and oxygen atoms in total. The minimum absolute atomic E-state index is 0.0901. The predicted octanol–water partition coefficient (Wildman–Crippen LogP) is 1.33. The van der Waals surface area contributed by atoms with Gasteiger partial charge in [0.1, 0.15) is 0 Å². The molecule has 2 aliphatic rings. The number of rotatable bonds is 3. The molecule has 0 radical (unpaired) electrons. The molecule has 2 fully saturated rings. The van der Waals surface area contributed by atoms with Crippen molar-refractivity contribution in [2.45, 2.75) is 6.42 Å². The first-order chi connectivity index (χ1) is 10.6. The summed E-state index contributed by atoms with van der Waals surface area (Å²) in [7, 11) is 0. The van der Waals surface area contributed by atoms with Gasteiger partial charge in [0.25, 0.3) is 5.91 Å². The normalized spacial score (nSPS) is 24.3. The lowest BCUT2D eigenvalue weighted by atomic mass is 9.88. The van der Waals surface area contributed by atoms with Gasteiger partial charge in [0.2, 0.25) is 11.9 Å². The summed E-state index contributed by atoms with van der Waals surface area (Å²) in [6, 6.07) is 2.63. The maximum absolute atomic E-state index is 13.2.